The molecule has 0 saturated heterocycles. The molecule has 8 heteroatoms. The molecule has 0 unspecified atom stereocenters. The Hall–Kier alpha value is -2.51. The van der Waals surface area contributed by atoms with Crippen molar-refractivity contribution in [3.05, 3.63) is 81.8 Å². The highest BCUT2D eigenvalue weighted by Crippen LogP contribution is 2.35. The molecule has 0 aliphatic rings. The number of benzene rings is 3. The third-order valence-corrected chi connectivity index (χ3v) is 5.91. The number of imidazole rings is 1. The van der Waals surface area contributed by atoms with Crippen molar-refractivity contribution < 1.29 is 17.9 Å². The smallest absolute Gasteiger partial charge is 0.416 e. The van der Waals surface area contributed by atoms with Gasteiger partial charge in [0, 0.05) is 11.1 Å². The van der Waals surface area contributed by atoms with Crippen LogP contribution in [0, 0.1) is 0 Å². The van der Waals surface area contributed by atoms with Gasteiger partial charge in [-0.3, -0.25) is 0 Å². The zero-order valence-corrected chi connectivity index (χ0v) is 20.7. The van der Waals surface area contributed by atoms with Crippen molar-refractivity contribution in [2.45, 2.75) is 39.0 Å². The molecule has 3 nitrogen and oxygen atoms in total. The normalized spacial score (nSPS) is 12.0. The molecule has 0 amide bonds. The summed E-state index contributed by atoms with van der Waals surface area (Å²) in [5.74, 6) is 1.11. The number of halogens is 5. The molecule has 0 aliphatic heterocycles. The van der Waals surface area contributed by atoms with E-state index in [1.807, 2.05) is 12.1 Å². The number of nitrogens with one attached hydrogen (secondary N) is 1. The number of H-pyrrole nitrogens is 1. The SMILES string of the molecule is CC(C)(C)c1ccc2nc(-c3ccc(Br)c(OCc4ccccc4C(F)(F)F)c3)[nH]c2c1.Cl. The third kappa shape index (κ3) is 5.53. The minimum Gasteiger partial charge on any atom is -0.488 e. The van der Waals surface area contributed by atoms with E-state index < -0.39 is 11.7 Å². The van der Waals surface area contributed by atoms with Crippen LogP contribution in [0.5, 0.6) is 5.75 Å². The second kappa shape index (κ2) is 9.39. The van der Waals surface area contributed by atoms with Crippen LogP contribution < -0.4 is 4.74 Å². The van der Waals surface area contributed by atoms with Crippen molar-refractivity contribution in [1.29, 1.82) is 0 Å². The lowest BCUT2D eigenvalue weighted by Gasteiger charge is -2.18. The summed E-state index contributed by atoms with van der Waals surface area (Å²) in [6.07, 6.45) is -4.43. The van der Waals surface area contributed by atoms with Crippen molar-refractivity contribution in [2.24, 2.45) is 0 Å². The number of aromatic nitrogens is 2. The van der Waals surface area contributed by atoms with E-state index >= 15 is 0 Å². The van der Waals surface area contributed by atoms with Gasteiger partial charge in [-0.25, -0.2) is 4.98 Å². The predicted octanol–water partition coefficient (Wildman–Crippen LogP) is 8.31. The maximum absolute atomic E-state index is 13.3. The predicted molar refractivity (Wildman–Crippen MR) is 131 cm³/mol. The molecule has 0 aliphatic carbocycles. The van der Waals surface area contributed by atoms with Gasteiger partial charge in [0.05, 0.1) is 21.1 Å². The first-order chi connectivity index (χ1) is 15.0. The molecule has 1 heterocycles. The molecule has 0 atom stereocenters. The number of hydrogen-bond acceptors (Lipinski definition) is 2. The summed E-state index contributed by atoms with van der Waals surface area (Å²) in [4.78, 5) is 8.01. The molecule has 0 radical (unpaired) electrons. The Balaban J connectivity index is 0.00000306. The van der Waals surface area contributed by atoms with Crippen LogP contribution in [0.15, 0.2) is 65.1 Å². The Morgan fingerprint density at radius 1 is 0.970 bits per heavy atom. The molecular weight excluding hydrogens is 517 g/mol. The van der Waals surface area contributed by atoms with Crippen molar-refractivity contribution in [3.8, 4) is 17.1 Å². The Labute approximate surface area is 204 Å². The van der Waals surface area contributed by atoms with Crippen molar-refractivity contribution in [1.82, 2.24) is 9.97 Å². The van der Waals surface area contributed by atoms with Gasteiger partial charge in [-0.2, -0.15) is 13.2 Å². The lowest BCUT2D eigenvalue weighted by Crippen LogP contribution is -2.10. The highest BCUT2D eigenvalue weighted by atomic mass is 79.9. The van der Waals surface area contributed by atoms with Gasteiger partial charge in [-0.15, -0.1) is 12.4 Å². The fourth-order valence-corrected chi connectivity index (χ4v) is 3.81. The first-order valence-electron chi connectivity index (χ1n) is 10.1. The van der Waals surface area contributed by atoms with Gasteiger partial charge in [0.1, 0.15) is 18.2 Å². The summed E-state index contributed by atoms with van der Waals surface area (Å²) in [6, 6.07) is 17.0. The number of nitrogens with zero attached hydrogens (tertiary/aromatic N) is 1. The van der Waals surface area contributed by atoms with E-state index in [9.17, 15) is 13.2 Å². The number of alkyl halides is 3. The van der Waals surface area contributed by atoms with E-state index in [0.717, 1.165) is 22.7 Å². The molecule has 1 aromatic heterocycles. The van der Waals surface area contributed by atoms with Gasteiger partial charge < -0.3 is 9.72 Å². The molecule has 0 saturated carbocycles. The number of fused-ring (bicyclic) bond motifs is 1. The molecule has 0 spiro atoms. The number of ether oxygens (including phenoxy) is 1. The van der Waals surface area contributed by atoms with Crippen LogP contribution in [-0.4, -0.2) is 9.97 Å². The van der Waals surface area contributed by atoms with Crippen molar-refractivity contribution in [2.75, 3.05) is 0 Å². The number of aromatic amines is 1. The molecule has 33 heavy (non-hydrogen) atoms. The van der Waals surface area contributed by atoms with Gasteiger partial charge in [0.15, 0.2) is 0 Å². The van der Waals surface area contributed by atoms with Crippen LogP contribution in [0.3, 0.4) is 0 Å². The molecule has 174 valence electrons. The highest BCUT2D eigenvalue weighted by molar-refractivity contribution is 9.10. The average molecular weight is 540 g/mol. The maximum Gasteiger partial charge on any atom is 0.416 e. The van der Waals surface area contributed by atoms with E-state index in [4.69, 9.17) is 4.74 Å². The van der Waals surface area contributed by atoms with Crippen LogP contribution in [0.25, 0.3) is 22.4 Å². The Morgan fingerprint density at radius 3 is 2.39 bits per heavy atom. The second-order valence-corrected chi connectivity index (χ2v) is 9.51. The summed E-state index contributed by atoms with van der Waals surface area (Å²) < 4.78 is 46.2. The molecule has 3 aromatic carbocycles. The summed E-state index contributed by atoms with van der Waals surface area (Å²) in [5.41, 5.74) is 3.15. The molecular formula is C25H23BrClF3N2O. The van der Waals surface area contributed by atoms with Crippen molar-refractivity contribution >= 4 is 39.4 Å². The monoisotopic (exact) mass is 538 g/mol. The fourth-order valence-electron chi connectivity index (χ4n) is 3.45. The van der Waals surface area contributed by atoms with Gasteiger partial charge in [0.2, 0.25) is 0 Å². The van der Waals surface area contributed by atoms with Gasteiger partial charge in [-0.05, 0) is 63.3 Å². The summed E-state index contributed by atoms with van der Waals surface area (Å²) in [6.45, 7) is 6.26. The fraction of sp³-hybridized carbons (Fsp3) is 0.240. The largest absolute Gasteiger partial charge is 0.488 e. The van der Waals surface area contributed by atoms with E-state index in [0.29, 0.717) is 16.0 Å². The molecule has 0 bridgehead atoms. The summed E-state index contributed by atoms with van der Waals surface area (Å²) >= 11 is 3.42. The van der Waals surface area contributed by atoms with E-state index in [-0.39, 0.29) is 30.0 Å². The maximum atomic E-state index is 13.3. The Bertz CT molecular complexity index is 1280. The van der Waals surface area contributed by atoms with Crippen LogP contribution in [0.2, 0.25) is 0 Å². The molecule has 1 N–H and O–H groups in total. The van der Waals surface area contributed by atoms with E-state index in [1.54, 1.807) is 18.2 Å². The van der Waals surface area contributed by atoms with E-state index in [2.05, 4.69) is 58.8 Å². The van der Waals surface area contributed by atoms with E-state index in [1.165, 1.54) is 17.7 Å². The van der Waals surface area contributed by atoms with Crippen LogP contribution in [0.1, 0.15) is 37.5 Å². The van der Waals surface area contributed by atoms with Crippen LogP contribution >= 0.6 is 28.3 Å². The quantitative estimate of drug-likeness (QED) is 0.283. The van der Waals surface area contributed by atoms with Crippen molar-refractivity contribution in [3.63, 3.8) is 0 Å². The Kier molecular flexibility index (Phi) is 7.15. The number of rotatable bonds is 4. The summed E-state index contributed by atoms with van der Waals surface area (Å²) in [7, 11) is 0. The number of hydrogen-bond donors (Lipinski definition) is 1. The van der Waals surface area contributed by atoms with Crippen LogP contribution in [0.4, 0.5) is 13.2 Å². The lowest BCUT2D eigenvalue weighted by atomic mass is 9.87. The highest BCUT2D eigenvalue weighted by Gasteiger charge is 2.33. The topological polar surface area (TPSA) is 37.9 Å². The average Bonchev–Trinajstić information content (AvgIpc) is 3.15. The zero-order chi connectivity index (χ0) is 23.1. The minimum absolute atomic E-state index is 0. The summed E-state index contributed by atoms with van der Waals surface area (Å²) in [5, 5.41) is 0. The van der Waals surface area contributed by atoms with Gasteiger partial charge in [0.25, 0.3) is 0 Å². The first kappa shape index (κ1) is 25.1. The molecule has 4 rings (SSSR count). The Morgan fingerprint density at radius 2 is 1.70 bits per heavy atom. The lowest BCUT2D eigenvalue weighted by molar-refractivity contribution is -0.138. The second-order valence-electron chi connectivity index (χ2n) is 8.66. The molecule has 0 fully saturated rings. The standard InChI is InChI=1S/C25H22BrF3N2O.ClH/c1-24(2,3)17-9-11-20-21(13-17)31-23(30-20)15-8-10-19(26)22(12-15)32-14-16-6-4-5-7-18(16)25(27,28)29;/h4-13H,14H2,1-3H3,(H,30,31);1H. The minimum atomic E-state index is -4.43. The van der Waals surface area contributed by atoms with Gasteiger partial charge >= 0.3 is 6.18 Å². The van der Waals surface area contributed by atoms with Crippen LogP contribution in [-0.2, 0) is 18.2 Å². The zero-order valence-electron chi connectivity index (χ0n) is 18.3. The van der Waals surface area contributed by atoms with Gasteiger partial charge in [-0.1, -0.05) is 45.0 Å². The molecule has 4 aromatic rings. The third-order valence-electron chi connectivity index (χ3n) is 5.26. The first-order valence-corrected chi connectivity index (χ1v) is 10.9.